The minimum Gasteiger partial charge on any atom is -0.380 e. The third kappa shape index (κ3) is 5.77. The standard InChI is InChI=1S/C54H46N4/c55-54(36-15-3-1-4-16-36)46-23-9-12-24-48(46)56-35-39-29-32-51(42-20-8-7-19-41(39)42)58-50-26-14-11-22-44(50)47-33-37(28-31-52(47)58)38-27-30-45-43-21-10-13-25-49(43)57(53(45)34-38)40-17-5-2-6-18-40/h1-12,14-24,26-33,38,45,47,52-53,55-56H,13,25,34-35H2. The number of anilines is 4. The van der Waals surface area contributed by atoms with E-state index in [1.807, 2.05) is 48.5 Å². The zero-order valence-corrected chi connectivity index (χ0v) is 32.5. The van der Waals surface area contributed by atoms with Crippen LogP contribution >= 0.6 is 0 Å². The summed E-state index contributed by atoms with van der Waals surface area (Å²) in [6.45, 7) is 0.655. The first kappa shape index (κ1) is 34.6. The van der Waals surface area contributed by atoms with Crippen molar-refractivity contribution in [3.8, 4) is 0 Å². The highest BCUT2D eigenvalue weighted by molar-refractivity contribution is 6.14. The molecule has 0 amide bonds. The first-order valence-electron chi connectivity index (χ1n) is 20.9. The van der Waals surface area contributed by atoms with Crippen molar-refractivity contribution >= 4 is 39.2 Å². The lowest BCUT2D eigenvalue weighted by Crippen LogP contribution is -2.37. The summed E-state index contributed by atoms with van der Waals surface area (Å²) in [4.78, 5) is 5.27. The molecule has 2 heterocycles. The molecule has 282 valence electrons. The predicted molar refractivity (Wildman–Crippen MR) is 241 cm³/mol. The van der Waals surface area contributed by atoms with Crippen molar-refractivity contribution in [3.63, 3.8) is 0 Å². The van der Waals surface area contributed by atoms with Crippen molar-refractivity contribution in [2.45, 2.75) is 43.8 Å². The lowest BCUT2D eigenvalue weighted by molar-refractivity contribution is 0.468. The van der Waals surface area contributed by atoms with Gasteiger partial charge in [0.05, 0.1) is 11.8 Å². The fourth-order valence-electron chi connectivity index (χ4n) is 10.5. The molecule has 0 saturated carbocycles. The van der Waals surface area contributed by atoms with Crippen molar-refractivity contribution in [2.75, 3.05) is 15.1 Å². The molecule has 2 N–H and O–H groups in total. The van der Waals surface area contributed by atoms with Gasteiger partial charge >= 0.3 is 0 Å². The smallest absolute Gasteiger partial charge is 0.0705 e. The number of nitrogens with one attached hydrogen (secondary N) is 2. The van der Waals surface area contributed by atoms with Crippen LogP contribution in [-0.2, 0) is 6.54 Å². The third-order valence-electron chi connectivity index (χ3n) is 13.1. The molecule has 5 unspecified atom stereocenters. The van der Waals surface area contributed by atoms with Crippen molar-refractivity contribution in [1.82, 2.24) is 0 Å². The largest absolute Gasteiger partial charge is 0.380 e. The van der Waals surface area contributed by atoms with E-state index in [0.29, 0.717) is 30.1 Å². The molecule has 6 aromatic rings. The van der Waals surface area contributed by atoms with Gasteiger partial charge in [0.2, 0.25) is 0 Å². The van der Waals surface area contributed by atoms with Crippen LogP contribution in [0, 0.1) is 17.2 Å². The second-order valence-corrected chi connectivity index (χ2v) is 16.3. The van der Waals surface area contributed by atoms with Gasteiger partial charge in [0, 0.05) is 75.3 Å². The molecule has 5 atom stereocenters. The van der Waals surface area contributed by atoms with Crippen LogP contribution in [0.4, 0.5) is 22.7 Å². The molecule has 58 heavy (non-hydrogen) atoms. The maximum Gasteiger partial charge on any atom is 0.0705 e. The molecule has 6 aromatic carbocycles. The van der Waals surface area contributed by atoms with E-state index in [2.05, 4.69) is 155 Å². The fourth-order valence-corrected chi connectivity index (χ4v) is 10.5. The molecule has 0 spiro atoms. The van der Waals surface area contributed by atoms with Gasteiger partial charge in [-0.3, -0.25) is 5.41 Å². The minimum atomic E-state index is 0.191. The summed E-state index contributed by atoms with van der Waals surface area (Å²) in [6.07, 6.45) is 20.7. The molecule has 2 aliphatic heterocycles. The van der Waals surface area contributed by atoms with Crippen LogP contribution in [0.1, 0.15) is 47.4 Å². The highest BCUT2D eigenvalue weighted by Gasteiger charge is 2.44. The van der Waals surface area contributed by atoms with Crippen LogP contribution in [0.15, 0.2) is 205 Å². The molecule has 0 radical (unpaired) electrons. The van der Waals surface area contributed by atoms with Gasteiger partial charge in [0.1, 0.15) is 0 Å². The molecule has 4 heteroatoms. The van der Waals surface area contributed by atoms with Gasteiger partial charge in [-0.2, -0.15) is 0 Å². The average Bonchev–Trinajstić information content (AvgIpc) is 3.80. The van der Waals surface area contributed by atoms with Crippen LogP contribution in [0.2, 0.25) is 0 Å². The van der Waals surface area contributed by atoms with E-state index in [0.717, 1.165) is 36.1 Å². The maximum absolute atomic E-state index is 8.99. The minimum absolute atomic E-state index is 0.191. The molecule has 3 aliphatic carbocycles. The van der Waals surface area contributed by atoms with Crippen molar-refractivity contribution in [3.05, 3.63) is 227 Å². The lowest BCUT2D eigenvalue weighted by Gasteiger charge is -2.37. The molecular formula is C54H46N4. The van der Waals surface area contributed by atoms with E-state index in [1.54, 1.807) is 0 Å². The quantitative estimate of drug-likeness (QED) is 0.120. The Morgan fingerprint density at radius 3 is 2.29 bits per heavy atom. The van der Waals surface area contributed by atoms with Gasteiger partial charge in [-0.05, 0) is 77.3 Å². The zero-order valence-electron chi connectivity index (χ0n) is 32.5. The van der Waals surface area contributed by atoms with Gasteiger partial charge in [0.15, 0.2) is 0 Å². The van der Waals surface area contributed by atoms with E-state index in [9.17, 15) is 0 Å². The van der Waals surface area contributed by atoms with Gasteiger partial charge in [-0.15, -0.1) is 0 Å². The predicted octanol–water partition coefficient (Wildman–Crippen LogP) is 12.7. The summed E-state index contributed by atoms with van der Waals surface area (Å²) in [7, 11) is 0. The van der Waals surface area contributed by atoms with Gasteiger partial charge in [-0.25, -0.2) is 0 Å². The molecule has 11 rings (SSSR count). The van der Waals surface area contributed by atoms with E-state index in [-0.39, 0.29) is 12.0 Å². The summed E-state index contributed by atoms with van der Waals surface area (Å²) < 4.78 is 0. The number of hydrogen-bond donors (Lipinski definition) is 2. The Hall–Kier alpha value is -6.65. The second-order valence-electron chi connectivity index (χ2n) is 16.3. The summed E-state index contributed by atoms with van der Waals surface area (Å²) in [6, 6.07) is 52.4. The summed E-state index contributed by atoms with van der Waals surface area (Å²) in [5.41, 5.74) is 14.3. The highest BCUT2D eigenvalue weighted by atomic mass is 15.2. The fraction of sp³-hybridized carbons (Fsp3) is 0.167. The Balaban J connectivity index is 0.890. The van der Waals surface area contributed by atoms with Crippen LogP contribution in [0.3, 0.4) is 0 Å². The normalized spacial score (nSPS) is 22.7. The summed E-state index contributed by atoms with van der Waals surface area (Å²) in [5.74, 6) is 1.07. The van der Waals surface area contributed by atoms with Crippen LogP contribution in [0.5, 0.6) is 0 Å². The summed E-state index contributed by atoms with van der Waals surface area (Å²) in [5, 5.41) is 15.2. The van der Waals surface area contributed by atoms with Crippen molar-refractivity contribution in [2.24, 2.45) is 11.8 Å². The molecule has 0 saturated heterocycles. The van der Waals surface area contributed by atoms with Gasteiger partial charge < -0.3 is 15.1 Å². The third-order valence-corrected chi connectivity index (χ3v) is 13.1. The number of allylic oxidation sites excluding steroid dienone is 6. The average molecular weight is 751 g/mol. The molecular weight excluding hydrogens is 705 g/mol. The van der Waals surface area contributed by atoms with Crippen molar-refractivity contribution < 1.29 is 0 Å². The SMILES string of the molecule is N=C(c1ccccc1)c1ccccc1NCc1ccc(N2c3ccccc3C3C=C(C4C=CC5C6=C(CCC=C6)N(c6ccccc6)C5C4)C=CC32)c2ccccc12. The van der Waals surface area contributed by atoms with Gasteiger partial charge in [-0.1, -0.05) is 158 Å². The van der Waals surface area contributed by atoms with Crippen molar-refractivity contribution in [1.29, 1.82) is 5.41 Å². The number of nitrogens with zero attached hydrogens (tertiary/aromatic N) is 2. The number of rotatable bonds is 8. The number of hydrogen-bond acceptors (Lipinski definition) is 4. The Labute approximate surface area is 341 Å². The van der Waals surface area contributed by atoms with Crippen LogP contribution < -0.4 is 15.1 Å². The lowest BCUT2D eigenvalue weighted by atomic mass is 9.76. The Morgan fingerprint density at radius 1 is 0.655 bits per heavy atom. The van der Waals surface area contributed by atoms with Crippen LogP contribution in [-0.4, -0.2) is 17.8 Å². The number of fused-ring (bicyclic) bond motifs is 6. The van der Waals surface area contributed by atoms with E-state index in [4.69, 9.17) is 5.41 Å². The molecule has 0 bridgehead atoms. The topological polar surface area (TPSA) is 42.4 Å². The maximum atomic E-state index is 8.99. The van der Waals surface area contributed by atoms with E-state index >= 15 is 0 Å². The van der Waals surface area contributed by atoms with E-state index < -0.39 is 0 Å². The van der Waals surface area contributed by atoms with Crippen LogP contribution in [0.25, 0.3) is 10.8 Å². The first-order valence-corrected chi connectivity index (χ1v) is 20.9. The first-order chi connectivity index (χ1) is 28.7. The molecule has 0 fully saturated rings. The molecule has 0 aromatic heterocycles. The van der Waals surface area contributed by atoms with Gasteiger partial charge in [0.25, 0.3) is 0 Å². The second kappa shape index (κ2) is 14.4. The zero-order chi connectivity index (χ0) is 38.6. The Kier molecular flexibility index (Phi) is 8.57. The molecule has 4 nitrogen and oxygen atoms in total. The Bertz CT molecular complexity index is 2720. The van der Waals surface area contributed by atoms with E-state index in [1.165, 1.54) is 55.8 Å². The number of benzene rings is 6. The monoisotopic (exact) mass is 750 g/mol. The Morgan fingerprint density at radius 2 is 1.41 bits per heavy atom. The summed E-state index contributed by atoms with van der Waals surface area (Å²) >= 11 is 0. The highest BCUT2D eigenvalue weighted by Crippen LogP contribution is 2.52. The molecule has 5 aliphatic rings. The number of para-hydroxylation sites is 3.